The number of carbonyl (C=O) groups excluding carboxylic acids is 2. The number of carboxylic acids is 1. The second kappa shape index (κ2) is 17.5. The Morgan fingerprint density at radius 3 is 2.29 bits per heavy atom. The molecule has 15 nitrogen and oxygen atoms in total. The van der Waals surface area contributed by atoms with E-state index in [9.17, 15) is 40.3 Å². The van der Waals surface area contributed by atoms with Crippen LogP contribution < -0.4 is 15.5 Å². The van der Waals surface area contributed by atoms with Crippen LogP contribution in [0.25, 0.3) is 0 Å². The van der Waals surface area contributed by atoms with E-state index in [1.807, 2.05) is 32.0 Å². The minimum atomic E-state index is -4.74. The molecule has 1 aliphatic carbocycles. The van der Waals surface area contributed by atoms with Crippen LogP contribution in [0.5, 0.6) is 0 Å². The normalized spacial score (nSPS) is 19.0. The fraction of sp³-hybridized carbons (Fsp3) is 0.476. The van der Waals surface area contributed by atoms with E-state index in [0.29, 0.717) is 29.9 Å². The number of unbranched alkanes of at least 4 members (excludes halogenated alkanes) is 2. The average molecular weight is 855 g/mol. The summed E-state index contributed by atoms with van der Waals surface area (Å²) in [4.78, 5) is 43.3. The highest BCUT2D eigenvalue weighted by Gasteiger charge is 2.47. The topological polar surface area (TPSA) is 214 Å². The van der Waals surface area contributed by atoms with Gasteiger partial charge in [-0.15, -0.1) is 0 Å². The molecule has 5 rings (SSSR count). The Bertz CT molecular complexity index is 2380. The molecule has 320 valence electrons. The summed E-state index contributed by atoms with van der Waals surface area (Å²) in [6.07, 6.45) is 5.69. The van der Waals surface area contributed by atoms with E-state index >= 15 is 0 Å². The number of carboxylic acid groups (broad SMARTS) is 1. The fourth-order valence-electron chi connectivity index (χ4n) is 8.05. The molecule has 2 heterocycles. The molecule has 1 amide bonds. The third-order valence-electron chi connectivity index (χ3n) is 11.5. The number of benzene rings is 2. The number of ketones is 1. The van der Waals surface area contributed by atoms with Gasteiger partial charge in [-0.2, -0.15) is 21.4 Å². The van der Waals surface area contributed by atoms with Crippen molar-refractivity contribution < 1.29 is 50.0 Å². The quantitative estimate of drug-likeness (QED) is 0.0577. The van der Waals surface area contributed by atoms with Crippen molar-refractivity contribution in [1.82, 2.24) is 15.5 Å². The summed E-state index contributed by atoms with van der Waals surface area (Å²) < 4.78 is 70.4. The molecule has 17 heteroatoms. The molecule has 59 heavy (non-hydrogen) atoms. The van der Waals surface area contributed by atoms with Crippen molar-refractivity contribution in [3.05, 3.63) is 88.3 Å². The molecule has 3 aliphatic rings. The van der Waals surface area contributed by atoms with Gasteiger partial charge < -0.3 is 25.5 Å². The number of nitrogens with zero attached hydrogens (tertiary/aromatic N) is 3. The predicted molar refractivity (Wildman–Crippen MR) is 225 cm³/mol. The van der Waals surface area contributed by atoms with Crippen LogP contribution >= 0.6 is 0 Å². The van der Waals surface area contributed by atoms with Crippen LogP contribution in [0.2, 0.25) is 0 Å². The molecule has 0 bridgehead atoms. The van der Waals surface area contributed by atoms with Gasteiger partial charge in [0.2, 0.25) is 11.6 Å². The number of aliphatic carboxylic acids is 1. The number of fused-ring (bicyclic) bond motifs is 2. The second-order valence-corrected chi connectivity index (χ2v) is 19.3. The molecule has 0 aromatic heterocycles. The first-order valence-electron chi connectivity index (χ1n) is 19.7. The van der Waals surface area contributed by atoms with Gasteiger partial charge in [-0.05, 0) is 89.5 Å². The van der Waals surface area contributed by atoms with Crippen molar-refractivity contribution in [1.29, 1.82) is 0 Å². The Balaban J connectivity index is 1.63. The largest absolute Gasteiger partial charge is 0.481 e. The number of anilines is 1. The van der Waals surface area contributed by atoms with Gasteiger partial charge in [0.25, 0.3) is 20.2 Å². The Morgan fingerprint density at radius 1 is 0.949 bits per heavy atom. The van der Waals surface area contributed by atoms with Crippen LogP contribution in [0.3, 0.4) is 0 Å². The third kappa shape index (κ3) is 9.86. The second-order valence-electron chi connectivity index (χ2n) is 16.4. The number of para-hydroxylation sites is 1. The van der Waals surface area contributed by atoms with E-state index < -0.39 is 54.7 Å². The lowest BCUT2D eigenvalue weighted by atomic mass is 9.76. The van der Waals surface area contributed by atoms with Crippen LogP contribution in [-0.4, -0.2) is 116 Å². The first kappa shape index (κ1) is 45.4. The van der Waals surface area contributed by atoms with Gasteiger partial charge in [0, 0.05) is 59.6 Å². The van der Waals surface area contributed by atoms with Crippen molar-refractivity contribution >= 4 is 55.0 Å². The Morgan fingerprint density at radius 2 is 1.64 bits per heavy atom. The van der Waals surface area contributed by atoms with E-state index in [-0.39, 0.29) is 46.9 Å². The molecule has 0 spiro atoms. The molecule has 2 aromatic carbocycles. The van der Waals surface area contributed by atoms with Crippen molar-refractivity contribution in [3.8, 4) is 0 Å². The third-order valence-corrected chi connectivity index (χ3v) is 13.1. The molecular formula is C42H56N5O10S2+. The van der Waals surface area contributed by atoms with Crippen LogP contribution in [-0.2, 0) is 45.4 Å². The summed E-state index contributed by atoms with van der Waals surface area (Å²) in [6.45, 7) is 12.5. The summed E-state index contributed by atoms with van der Waals surface area (Å²) >= 11 is 0. The Hall–Kier alpha value is -4.68. The maximum Gasteiger partial charge on any atom is 0.303 e. The maximum atomic E-state index is 14.5. The lowest BCUT2D eigenvalue weighted by Crippen LogP contribution is -2.50. The smallest absolute Gasteiger partial charge is 0.303 e. The summed E-state index contributed by atoms with van der Waals surface area (Å²) in [5, 5.41) is 14.6. The maximum absolute atomic E-state index is 14.5. The molecule has 2 aromatic rings. The van der Waals surface area contributed by atoms with Crippen LogP contribution in [0, 0.1) is 0 Å². The minimum Gasteiger partial charge on any atom is -0.481 e. The number of nitrogens with one attached hydrogen (secondary N) is 2. The van der Waals surface area contributed by atoms with Gasteiger partial charge in [0.05, 0.1) is 21.6 Å². The zero-order chi connectivity index (χ0) is 43.7. The number of amides is 1. The van der Waals surface area contributed by atoms with E-state index in [0.717, 1.165) is 42.9 Å². The highest BCUT2D eigenvalue weighted by molar-refractivity contribution is 7.86. The molecule has 0 saturated carbocycles. The zero-order valence-corrected chi connectivity index (χ0v) is 36.3. The SMILES string of the molecule is CCN(C)CCCCN1/C(=C/C2=C(NC(CS(=O)(=O)O)C(=O)NCCCCC(=O)O)C(=C/C3=[N+](C)c4ccc(S(=O)(=O)O)cc4C3(C)C)/C2=O)C(C)(C)c2ccccc21. The summed E-state index contributed by atoms with van der Waals surface area (Å²) in [6, 6.07) is 10.7. The van der Waals surface area contributed by atoms with Gasteiger partial charge in [0.15, 0.2) is 11.5 Å². The molecule has 2 aliphatic heterocycles. The molecule has 0 radical (unpaired) electrons. The molecule has 0 fully saturated rings. The van der Waals surface area contributed by atoms with Crippen LogP contribution in [0.1, 0.15) is 77.8 Å². The van der Waals surface area contributed by atoms with Crippen molar-refractivity contribution in [3.63, 3.8) is 0 Å². The molecule has 5 N–H and O–H groups in total. The van der Waals surface area contributed by atoms with E-state index in [4.69, 9.17) is 5.11 Å². The van der Waals surface area contributed by atoms with Crippen LogP contribution in [0.15, 0.2) is 82.1 Å². The van der Waals surface area contributed by atoms with E-state index in [2.05, 4.69) is 54.3 Å². The standard InChI is InChI=1S/C42H55N5O10S2/c1-8-45(6)21-13-14-22-47-34-16-10-9-15-30(34)41(2,3)36(47)25-29-38(44-32(26-58(52,53)54)40(51)43-20-12-11-17-37(48)49)28(39(29)50)24-35-42(4,5)31-23-27(59(55,56)57)18-19-33(31)46(35)7/h9-10,15-16,18-19,23-25,32H,8,11-14,17,20-22,26H2,1-7H3,(H4-,43,44,48,49,50,51,52,53,54,55,56,57)/p+1. The molecule has 0 saturated heterocycles. The minimum absolute atomic E-state index is 0.0452. The number of hydrogen-bond acceptors (Lipinski definition) is 10. The number of hydrogen-bond donors (Lipinski definition) is 5. The van der Waals surface area contributed by atoms with Gasteiger partial charge in [-0.3, -0.25) is 23.5 Å². The molecule has 1 atom stereocenters. The monoisotopic (exact) mass is 854 g/mol. The highest BCUT2D eigenvalue weighted by atomic mass is 32.2. The number of Topliss-reactive ketones (excluding diaryl/α,β-unsaturated/α-hetero) is 1. The van der Waals surface area contributed by atoms with Crippen molar-refractivity contribution in [2.45, 2.75) is 88.5 Å². The van der Waals surface area contributed by atoms with Gasteiger partial charge >= 0.3 is 5.97 Å². The number of allylic oxidation sites excluding steroid dienone is 5. The highest BCUT2D eigenvalue weighted by Crippen LogP contribution is 2.49. The summed E-state index contributed by atoms with van der Waals surface area (Å²) in [5.41, 5.74) is 3.74. The summed E-state index contributed by atoms with van der Waals surface area (Å²) in [5.74, 6) is -3.18. The number of carbonyl (C=O) groups is 3. The first-order chi connectivity index (χ1) is 27.5. The Labute approximate surface area is 347 Å². The van der Waals surface area contributed by atoms with Crippen LogP contribution in [0.4, 0.5) is 11.4 Å². The lowest BCUT2D eigenvalue weighted by molar-refractivity contribution is -0.401. The predicted octanol–water partition coefficient (Wildman–Crippen LogP) is 4.33. The summed E-state index contributed by atoms with van der Waals surface area (Å²) in [7, 11) is -5.44. The average Bonchev–Trinajstić information content (AvgIpc) is 3.48. The zero-order valence-electron chi connectivity index (χ0n) is 34.7. The molecular weight excluding hydrogens is 799 g/mol. The van der Waals surface area contributed by atoms with E-state index in [1.165, 1.54) is 12.1 Å². The van der Waals surface area contributed by atoms with Crippen molar-refractivity contribution in [2.24, 2.45) is 0 Å². The Kier molecular flexibility index (Phi) is 13.5. The van der Waals surface area contributed by atoms with Gasteiger partial charge in [-0.25, -0.2) is 0 Å². The van der Waals surface area contributed by atoms with Gasteiger partial charge in [0.1, 0.15) is 18.8 Å². The fourth-order valence-corrected chi connectivity index (χ4v) is 9.21. The van der Waals surface area contributed by atoms with Gasteiger partial charge in [-0.1, -0.05) is 39.0 Å². The van der Waals surface area contributed by atoms with Crippen molar-refractivity contribution in [2.75, 3.05) is 50.9 Å². The first-order valence-corrected chi connectivity index (χ1v) is 22.8. The molecule has 1 unspecified atom stereocenters. The lowest BCUT2D eigenvalue weighted by Gasteiger charge is -2.32. The number of rotatable bonds is 19. The van der Waals surface area contributed by atoms with E-state index in [1.54, 1.807) is 29.8 Å².